The molecule has 0 amide bonds. The third kappa shape index (κ3) is 7.25. The molecule has 0 N–H and O–H groups in total. The van der Waals surface area contributed by atoms with E-state index in [0.29, 0.717) is 23.4 Å². The van der Waals surface area contributed by atoms with Crippen LogP contribution in [0.2, 0.25) is 0 Å². The Kier molecular flexibility index (Phi) is 9.64. The summed E-state index contributed by atoms with van der Waals surface area (Å²) in [5.41, 5.74) is 2.43. The maximum absolute atomic E-state index is 13.9. The Bertz CT molecular complexity index is 1250. The fourth-order valence-corrected chi connectivity index (χ4v) is 6.42. The van der Waals surface area contributed by atoms with Crippen LogP contribution in [0.15, 0.2) is 65.3 Å². The number of hydrogen-bond donors (Lipinski definition) is 0. The molecule has 4 rings (SSSR count). The number of rotatable bonds is 11. The molecule has 1 fully saturated rings. The molecule has 2 heterocycles. The van der Waals surface area contributed by atoms with Gasteiger partial charge in [0, 0.05) is 19.6 Å². The van der Waals surface area contributed by atoms with Crippen LogP contribution in [0.25, 0.3) is 0 Å². The lowest BCUT2D eigenvalue weighted by molar-refractivity contribution is 0.0925. The summed E-state index contributed by atoms with van der Waals surface area (Å²) in [6.45, 7) is 4.56. The second kappa shape index (κ2) is 12.9. The van der Waals surface area contributed by atoms with Crippen LogP contribution in [0.5, 0.6) is 11.5 Å². The molecule has 0 unspecified atom stereocenters. The topological polar surface area (TPSA) is 81.2 Å². The summed E-state index contributed by atoms with van der Waals surface area (Å²) in [5, 5.41) is 0. The number of benzene rings is 2. The van der Waals surface area contributed by atoms with E-state index in [1.54, 1.807) is 20.3 Å². The Hall–Kier alpha value is -2.66. The number of halogens is 1. The molecule has 10 heteroatoms. The molecule has 1 atom stereocenters. The van der Waals surface area contributed by atoms with Crippen LogP contribution in [0, 0.1) is 0 Å². The fraction of sp³-hybridized carbons (Fsp3) is 0.393. The van der Waals surface area contributed by atoms with E-state index >= 15 is 0 Å². The van der Waals surface area contributed by atoms with Crippen molar-refractivity contribution in [1.82, 2.24) is 9.29 Å². The predicted molar refractivity (Wildman–Crippen MR) is 152 cm³/mol. The summed E-state index contributed by atoms with van der Waals surface area (Å²) >= 11 is 3.50. The molecule has 0 saturated carbocycles. The van der Waals surface area contributed by atoms with Gasteiger partial charge in [0.05, 0.1) is 39.2 Å². The zero-order valence-corrected chi connectivity index (χ0v) is 24.4. The number of sulfonamides is 1. The molecule has 1 saturated heterocycles. The number of hydrogen-bond acceptors (Lipinski definition) is 7. The van der Waals surface area contributed by atoms with E-state index in [0.717, 1.165) is 41.4 Å². The van der Waals surface area contributed by atoms with Crippen molar-refractivity contribution in [1.29, 1.82) is 0 Å². The molecule has 2 aromatic carbocycles. The maximum atomic E-state index is 13.9. The molecule has 204 valence electrons. The zero-order valence-electron chi connectivity index (χ0n) is 22.0. The smallest absolute Gasteiger partial charge is 0.218 e. The minimum atomic E-state index is -3.71. The third-order valence-electron chi connectivity index (χ3n) is 6.61. The summed E-state index contributed by atoms with van der Waals surface area (Å²) in [5.74, 6) is 2.06. The number of ether oxygens (including phenoxy) is 3. The maximum Gasteiger partial charge on any atom is 0.218 e. The molecule has 38 heavy (non-hydrogen) atoms. The lowest BCUT2D eigenvalue weighted by Crippen LogP contribution is -2.45. The number of anilines is 1. The van der Waals surface area contributed by atoms with E-state index in [1.165, 1.54) is 4.31 Å². The highest BCUT2D eigenvalue weighted by molar-refractivity contribution is 9.10. The van der Waals surface area contributed by atoms with Gasteiger partial charge in [-0.05, 0) is 75.4 Å². The van der Waals surface area contributed by atoms with Gasteiger partial charge >= 0.3 is 0 Å². The van der Waals surface area contributed by atoms with Crippen molar-refractivity contribution in [2.45, 2.75) is 38.2 Å². The first kappa shape index (κ1) is 28.4. The minimum absolute atomic E-state index is 0.144. The molecule has 0 spiro atoms. The first-order chi connectivity index (χ1) is 18.3. The highest BCUT2D eigenvalue weighted by atomic mass is 79.9. The van der Waals surface area contributed by atoms with Crippen LogP contribution >= 0.6 is 15.9 Å². The Morgan fingerprint density at radius 3 is 2.08 bits per heavy atom. The SMILES string of the molecule is CC[C@H]1COCCN1c1cc(CS(=O)(=O)N(Cc2ccc(OC)cc2)Cc2ccc(OC)cc2)cc(Br)n1. The number of methoxy groups -OCH3 is 2. The van der Waals surface area contributed by atoms with E-state index in [2.05, 4.69) is 32.7 Å². The largest absolute Gasteiger partial charge is 0.497 e. The standard InChI is InChI=1S/C28H34BrN3O5S/c1-4-24-19-37-14-13-32(24)28-16-23(15-27(29)30-28)20-38(33,34)31(17-21-5-9-25(35-2)10-6-21)18-22-7-11-26(36-3)12-8-22/h5-12,15-16,24H,4,13-14,17-20H2,1-3H3/t24-/m0/s1. The van der Waals surface area contributed by atoms with Gasteiger partial charge in [-0.1, -0.05) is 31.2 Å². The van der Waals surface area contributed by atoms with Crippen molar-refractivity contribution in [3.63, 3.8) is 0 Å². The van der Waals surface area contributed by atoms with Gasteiger partial charge in [-0.15, -0.1) is 0 Å². The lowest BCUT2D eigenvalue weighted by Gasteiger charge is -2.36. The van der Waals surface area contributed by atoms with Crippen LogP contribution in [0.1, 0.15) is 30.0 Å². The molecular weight excluding hydrogens is 570 g/mol. The monoisotopic (exact) mass is 603 g/mol. The van der Waals surface area contributed by atoms with Crippen LogP contribution in [0.4, 0.5) is 5.82 Å². The summed E-state index contributed by atoms with van der Waals surface area (Å²) in [7, 11) is -0.493. The minimum Gasteiger partial charge on any atom is -0.497 e. The van der Waals surface area contributed by atoms with Crippen molar-refractivity contribution in [3.05, 3.63) is 82.0 Å². The van der Waals surface area contributed by atoms with Gasteiger partial charge in [0.1, 0.15) is 21.9 Å². The molecule has 0 aliphatic carbocycles. The summed E-state index contributed by atoms with van der Waals surface area (Å²) in [4.78, 5) is 6.86. The highest BCUT2D eigenvalue weighted by Gasteiger charge is 2.26. The molecule has 1 aromatic heterocycles. The van der Waals surface area contributed by atoms with Gasteiger partial charge in [0.2, 0.25) is 10.0 Å². The summed E-state index contributed by atoms with van der Waals surface area (Å²) in [6, 6.07) is 18.8. The molecule has 1 aliphatic heterocycles. The van der Waals surface area contributed by atoms with Gasteiger partial charge in [-0.3, -0.25) is 0 Å². The lowest BCUT2D eigenvalue weighted by atomic mass is 10.1. The van der Waals surface area contributed by atoms with Gasteiger partial charge in [-0.2, -0.15) is 4.31 Å². The average molecular weight is 605 g/mol. The van der Waals surface area contributed by atoms with Crippen LogP contribution < -0.4 is 14.4 Å². The second-order valence-corrected chi connectivity index (χ2v) is 12.0. The molecular formula is C28H34BrN3O5S. The molecule has 0 bridgehead atoms. The van der Waals surface area contributed by atoms with E-state index in [1.807, 2.05) is 54.6 Å². The molecule has 3 aromatic rings. The molecule has 8 nitrogen and oxygen atoms in total. The second-order valence-electron chi connectivity index (χ2n) is 9.21. The van der Waals surface area contributed by atoms with Crippen LogP contribution in [-0.2, 0) is 33.6 Å². The van der Waals surface area contributed by atoms with Crippen LogP contribution in [0.3, 0.4) is 0 Å². The number of morpholine rings is 1. The average Bonchev–Trinajstić information content (AvgIpc) is 2.93. The third-order valence-corrected chi connectivity index (χ3v) is 8.76. The van der Waals surface area contributed by atoms with Gasteiger partial charge in [-0.25, -0.2) is 13.4 Å². The van der Waals surface area contributed by atoms with Crippen LogP contribution in [-0.4, -0.2) is 57.7 Å². The van der Waals surface area contributed by atoms with Crippen molar-refractivity contribution >= 4 is 31.8 Å². The first-order valence-electron chi connectivity index (χ1n) is 12.6. The Balaban J connectivity index is 1.62. The Labute approximate surface area is 233 Å². The van der Waals surface area contributed by atoms with E-state index < -0.39 is 10.0 Å². The molecule has 0 radical (unpaired) electrons. The van der Waals surface area contributed by atoms with Crippen molar-refractivity contribution in [3.8, 4) is 11.5 Å². The first-order valence-corrected chi connectivity index (χ1v) is 15.0. The van der Waals surface area contributed by atoms with Gasteiger partial charge < -0.3 is 19.1 Å². The number of nitrogens with zero attached hydrogens (tertiary/aromatic N) is 3. The van der Waals surface area contributed by atoms with Gasteiger partial charge in [0.15, 0.2) is 0 Å². The van der Waals surface area contributed by atoms with E-state index in [9.17, 15) is 8.42 Å². The van der Waals surface area contributed by atoms with E-state index in [-0.39, 0.29) is 24.9 Å². The fourth-order valence-electron chi connectivity index (χ4n) is 4.48. The quantitative estimate of drug-likeness (QED) is 0.285. The summed E-state index contributed by atoms with van der Waals surface area (Å²) < 4.78 is 46.1. The van der Waals surface area contributed by atoms with Crippen molar-refractivity contribution in [2.24, 2.45) is 0 Å². The zero-order chi connectivity index (χ0) is 27.1. The molecule has 1 aliphatic rings. The Morgan fingerprint density at radius 2 is 1.55 bits per heavy atom. The van der Waals surface area contributed by atoms with Crippen molar-refractivity contribution in [2.75, 3.05) is 38.9 Å². The normalized spacial score (nSPS) is 16.0. The van der Waals surface area contributed by atoms with Gasteiger partial charge in [0.25, 0.3) is 0 Å². The highest BCUT2D eigenvalue weighted by Crippen LogP contribution is 2.26. The predicted octanol–water partition coefficient (Wildman–Crippen LogP) is 5.01. The number of pyridine rings is 1. The Morgan fingerprint density at radius 1 is 0.974 bits per heavy atom. The summed E-state index contributed by atoms with van der Waals surface area (Å²) in [6.07, 6.45) is 0.916. The van der Waals surface area contributed by atoms with E-state index in [4.69, 9.17) is 14.2 Å². The van der Waals surface area contributed by atoms with Crippen molar-refractivity contribution < 1.29 is 22.6 Å². The number of aromatic nitrogens is 1.